The van der Waals surface area contributed by atoms with Gasteiger partial charge in [-0.25, -0.2) is 0 Å². The van der Waals surface area contributed by atoms with Gasteiger partial charge in [0.05, 0.1) is 6.10 Å². The van der Waals surface area contributed by atoms with Crippen LogP contribution in [0.4, 0.5) is 0 Å². The van der Waals surface area contributed by atoms with Crippen LogP contribution in [0.25, 0.3) is 11.1 Å². The maximum Gasteiger partial charge on any atom is 0.0543 e. The predicted molar refractivity (Wildman–Crippen MR) is 81.1 cm³/mol. The summed E-state index contributed by atoms with van der Waals surface area (Å²) in [6.07, 6.45) is 3.55. The zero-order chi connectivity index (χ0) is 13.5. The van der Waals surface area contributed by atoms with Crippen molar-refractivity contribution in [1.82, 2.24) is 0 Å². The molecule has 1 heteroatoms. The summed E-state index contributed by atoms with van der Waals surface area (Å²) in [7, 11) is 0. The summed E-state index contributed by atoms with van der Waals surface area (Å²) in [5, 5.41) is 9.87. The number of hydrogen-bond acceptors (Lipinski definition) is 1. The van der Waals surface area contributed by atoms with Crippen LogP contribution >= 0.6 is 0 Å². The van der Waals surface area contributed by atoms with Crippen molar-refractivity contribution in [3.05, 3.63) is 60.2 Å². The first-order valence-corrected chi connectivity index (χ1v) is 7.12. The highest BCUT2D eigenvalue weighted by Crippen LogP contribution is 2.24. The highest BCUT2D eigenvalue weighted by Gasteiger charge is 2.07. The third kappa shape index (κ3) is 3.93. The van der Waals surface area contributed by atoms with Crippen molar-refractivity contribution < 1.29 is 5.11 Å². The second-order valence-corrected chi connectivity index (χ2v) is 5.00. The van der Waals surface area contributed by atoms with Gasteiger partial charge in [-0.05, 0) is 36.0 Å². The number of hydrogen-bond donors (Lipinski definition) is 1. The first kappa shape index (κ1) is 13.8. The van der Waals surface area contributed by atoms with Gasteiger partial charge in [0.15, 0.2) is 0 Å². The number of rotatable bonds is 6. The topological polar surface area (TPSA) is 20.2 Å². The van der Waals surface area contributed by atoms with Gasteiger partial charge in [-0.1, -0.05) is 67.9 Å². The Balaban J connectivity index is 2.13. The van der Waals surface area contributed by atoms with Crippen LogP contribution in [0.5, 0.6) is 0 Å². The summed E-state index contributed by atoms with van der Waals surface area (Å²) < 4.78 is 0. The molecular formula is C18H22O. The van der Waals surface area contributed by atoms with Crippen LogP contribution in [0.2, 0.25) is 0 Å². The van der Waals surface area contributed by atoms with Crippen LogP contribution in [0.1, 0.15) is 31.7 Å². The van der Waals surface area contributed by atoms with E-state index in [9.17, 15) is 5.11 Å². The largest absolute Gasteiger partial charge is 0.393 e. The number of benzene rings is 2. The summed E-state index contributed by atoms with van der Waals surface area (Å²) >= 11 is 0. The molecule has 1 N–H and O–H groups in total. The molecule has 0 aromatic heterocycles. The average Bonchev–Trinajstić information content (AvgIpc) is 2.47. The average molecular weight is 254 g/mol. The summed E-state index contributed by atoms with van der Waals surface area (Å²) in [6, 6.07) is 18.9. The number of aliphatic hydroxyl groups is 1. The zero-order valence-electron chi connectivity index (χ0n) is 11.5. The van der Waals surface area contributed by atoms with E-state index in [-0.39, 0.29) is 6.10 Å². The lowest BCUT2D eigenvalue weighted by Gasteiger charge is -2.12. The van der Waals surface area contributed by atoms with Crippen molar-refractivity contribution in [3.63, 3.8) is 0 Å². The van der Waals surface area contributed by atoms with Crippen molar-refractivity contribution in [1.29, 1.82) is 0 Å². The monoisotopic (exact) mass is 254 g/mol. The predicted octanol–water partition coefficient (Wildman–Crippen LogP) is 4.45. The normalized spacial score (nSPS) is 12.3. The number of aliphatic hydroxyl groups excluding tert-OH is 1. The molecule has 100 valence electrons. The fraction of sp³-hybridized carbons (Fsp3) is 0.333. The fourth-order valence-electron chi connectivity index (χ4n) is 2.44. The van der Waals surface area contributed by atoms with Gasteiger partial charge in [0.2, 0.25) is 0 Å². The van der Waals surface area contributed by atoms with E-state index in [0.717, 1.165) is 25.7 Å². The molecule has 0 bridgehead atoms. The third-order valence-electron chi connectivity index (χ3n) is 3.47. The molecule has 0 aliphatic rings. The molecule has 1 nitrogen and oxygen atoms in total. The molecule has 0 aliphatic carbocycles. The Hall–Kier alpha value is -1.60. The summed E-state index contributed by atoms with van der Waals surface area (Å²) in [6.45, 7) is 2.11. The quantitative estimate of drug-likeness (QED) is 0.807. The van der Waals surface area contributed by atoms with E-state index in [1.165, 1.54) is 16.7 Å². The zero-order valence-corrected chi connectivity index (χ0v) is 11.5. The van der Waals surface area contributed by atoms with Crippen molar-refractivity contribution >= 4 is 0 Å². The molecule has 0 saturated carbocycles. The van der Waals surface area contributed by atoms with E-state index in [4.69, 9.17) is 0 Å². The van der Waals surface area contributed by atoms with Crippen LogP contribution in [-0.4, -0.2) is 11.2 Å². The van der Waals surface area contributed by atoms with Crippen LogP contribution in [0.15, 0.2) is 54.6 Å². The summed E-state index contributed by atoms with van der Waals surface area (Å²) in [4.78, 5) is 0. The SMILES string of the molecule is CCCC(O)CCc1ccccc1-c1ccccc1. The lowest BCUT2D eigenvalue weighted by Crippen LogP contribution is -2.07. The molecule has 0 fully saturated rings. The van der Waals surface area contributed by atoms with Crippen LogP contribution in [-0.2, 0) is 6.42 Å². The smallest absolute Gasteiger partial charge is 0.0543 e. The minimum absolute atomic E-state index is 0.172. The van der Waals surface area contributed by atoms with Crippen molar-refractivity contribution in [2.75, 3.05) is 0 Å². The van der Waals surface area contributed by atoms with Crippen LogP contribution < -0.4 is 0 Å². The second-order valence-electron chi connectivity index (χ2n) is 5.00. The van der Waals surface area contributed by atoms with Gasteiger partial charge in [-0.15, -0.1) is 0 Å². The third-order valence-corrected chi connectivity index (χ3v) is 3.47. The summed E-state index contributed by atoms with van der Waals surface area (Å²) in [5.41, 5.74) is 3.86. The second kappa shape index (κ2) is 7.10. The molecule has 0 saturated heterocycles. The molecular weight excluding hydrogens is 232 g/mol. The maximum atomic E-state index is 9.87. The van der Waals surface area contributed by atoms with Crippen LogP contribution in [0, 0.1) is 0 Å². The van der Waals surface area contributed by atoms with Gasteiger partial charge in [0.25, 0.3) is 0 Å². The van der Waals surface area contributed by atoms with E-state index in [0.29, 0.717) is 0 Å². The Morgan fingerprint density at radius 3 is 2.32 bits per heavy atom. The standard InChI is InChI=1S/C18H22O/c1-2-8-17(19)14-13-16-11-6-7-12-18(16)15-9-4-3-5-10-15/h3-7,9-12,17,19H,2,8,13-14H2,1H3. The fourth-order valence-corrected chi connectivity index (χ4v) is 2.44. The molecule has 1 unspecified atom stereocenters. The molecule has 0 aliphatic heterocycles. The van der Waals surface area contributed by atoms with E-state index in [2.05, 4.69) is 55.5 Å². The minimum atomic E-state index is -0.172. The van der Waals surface area contributed by atoms with Gasteiger partial charge < -0.3 is 5.11 Å². The molecule has 19 heavy (non-hydrogen) atoms. The van der Waals surface area contributed by atoms with E-state index >= 15 is 0 Å². The Kier molecular flexibility index (Phi) is 5.17. The van der Waals surface area contributed by atoms with Gasteiger partial charge in [-0.3, -0.25) is 0 Å². The van der Waals surface area contributed by atoms with Gasteiger partial charge in [0.1, 0.15) is 0 Å². The lowest BCUT2D eigenvalue weighted by molar-refractivity contribution is 0.154. The van der Waals surface area contributed by atoms with Gasteiger partial charge in [0, 0.05) is 0 Å². The van der Waals surface area contributed by atoms with E-state index in [1.54, 1.807) is 0 Å². The lowest BCUT2D eigenvalue weighted by atomic mass is 9.95. The Morgan fingerprint density at radius 1 is 0.895 bits per heavy atom. The Bertz CT molecular complexity index is 490. The van der Waals surface area contributed by atoms with Gasteiger partial charge >= 0.3 is 0 Å². The molecule has 1 atom stereocenters. The molecule has 2 aromatic rings. The molecule has 0 heterocycles. The van der Waals surface area contributed by atoms with Gasteiger partial charge in [-0.2, -0.15) is 0 Å². The van der Waals surface area contributed by atoms with E-state index in [1.807, 2.05) is 6.07 Å². The molecule has 2 aromatic carbocycles. The minimum Gasteiger partial charge on any atom is -0.393 e. The molecule has 0 radical (unpaired) electrons. The highest BCUT2D eigenvalue weighted by molar-refractivity contribution is 5.67. The number of aryl methyl sites for hydroxylation is 1. The Labute approximate surface area is 115 Å². The first-order chi connectivity index (χ1) is 9.31. The van der Waals surface area contributed by atoms with Crippen molar-refractivity contribution in [3.8, 4) is 11.1 Å². The molecule has 2 rings (SSSR count). The van der Waals surface area contributed by atoms with E-state index < -0.39 is 0 Å². The van der Waals surface area contributed by atoms with Crippen molar-refractivity contribution in [2.24, 2.45) is 0 Å². The highest BCUT2D eigenvalue weighted by atomic mass is 16.3. The molecule has 0 spiro atoms. The maximum absolute atomic E-state index is 9.87. The molecule has 0 amide bonds. The van der Waals surface area contributed by atoms with Crippen LogP contribution in [0.3, 0.4) is 0 Å². The van der Waals surface area contributed by atoms with Crippen molar-refractivity contribution in [2.45, 2.75) is 38.7 Å². The summed E-state index contributed by atoms with van der Waals surface area (Å²) in [5.74, 6) is 0. The Morgan fingerprint density at radius 2 is 1.58 bits per heavy atom. The first-order valence-electron chi connectivity index (χ1n) is 7.12.